The second-order valence-electron chi connectivity index (χ2n) is 6.23. The Morgan fingerprint density at radius 3 is 2.67 bits per heavy atom. The van der Waals surface area contributed by atoms with Gasteiger partial charge in [-0.15, -0.1) is 0 Å². The van der Waals surface area contributed by atoms with Crippen LogP contribution in [0.4, 0.5) is 0 Å². The van der Waals surface area contributed by atoms with Gasteiger partial charge in [-0.2, -0.15) is 5.10 Å². The van der Waals surface area contributed by atoms with E-state index in [1.807, 2.05) is 4.90 Å². The summed E-state index contributed by atoms with van der Waals surface area (Å²) in [5.41, 5.74) is 0.313. The molecule has 9 heteroatoms. The van der Waals surface area contributed by atoms with Gasteiger partial charge in [0.15, 0.2) is 0 Å². The van der Waals surface area contributed by atoms with Gasteiger partial charge in [0, 0.05) is 32.9 Å². The second kappa shape index (κ2) is 5.08. The van der Waals surface area contributed by atoms with Gasteiger partial charge in [0.05, 0.1) is 30.5 Å². The normalized spacial score (nSPS) is 18.2. The van der Waals surface area contributed by atoms with Crippen molar-refractivity contribution in [3.63, 3.8) is 0 Å². The molecule has 0 atom stereocenters. The van der Waals surface area contributed by atoms with E-state index in [0.717, 1.165) is 6.42 Å². The summed E-state index contributed by atoms with van der Waals surface area (Å²) in [5, 5.41) is 7.67. The number of methoxy groups -OCH3 is 1. The van der Waals surface area contributed by atoms with Crippen LogP contribution in [0, 0.1) is 0 Å². The zero-order valence-corrected chi connectivity index (χ0v) is 13.4. The van der Waals surface area contributed by atoms with E-state index in [2.05, 4.69) is 10.3 Å². The van der Waals surface area contributed by atoms with Gasteiger partial charge in [-0.1, -0.05) is 0 Å². The Balaban J connectivity index is 1.42. The number of aromatic nitrogens is 3. The van der Waals surface area contributed by atoms with E-state index in [1.165, 1.54) is 13.2 Å². The number of amides is 2. The van der Waals surface area contributed by atoms with Crippen molar-refractivity contribution in [1.82, 2.24) is 24.7 Å². The van der Waals surface area contributed by atoms with Crippen LogP contribution >= 0.6 is 0 Å². The number of carbonyl (C=O) groups is 2. The third kappa shape index (κ3) is 2.08. The van der Waals surface area contributed by atoms with E-state index in [1.54, 1.807) is 29.0 Å². The molecular weight excluding hydrogens is 314 g/mol. The van der Waals surface area contributed by atoms with Crippen LogP contribution in [0.5, 0.6) is 5.88 Å². The lowest BCUT2D eigenvalue weighted by atomic mass is 9.77. The van der Waals surface area contributed by atoms with Crippen molar-refractivity contribution in [2.45, 2.75) is 12.0 Å². The maximum absolute atomic E-state index is 12.6. The molecule has 2 aromatic rings. The highest BCUT2D eigenvalue weighted by Gasteiger charge is 2.57. The van der Waals surface area contributed by atoms with Crippen LogP contribution in [0.25, 0.3) is 0 Å². The first-order chi connectivity index (χ1) is 11.5. The van der Waals surface area contributed by atoms with E-state index in [0.29, 0.717) is 25.2 Å². The largest absolute Gasteiger partial charge is 0.479 e. The lowest BCUT2D eigenvalue weighted by molar-refractivity contribution is -0.0856. The Morgan fingerprint density at radius 1 is 1.33 bits per heavy atom. The number of ether oxygens (including phenoxy) is 1. The molecule has 2 aliphatic rings. The zero-order valence-electron chi connectivity index (χ0n) is 13.4. The average Bonchev–Trinajstić information content (AvgIpc) is 3.13. The molecule has 9 nitrogen and oxygen atoms in total. The van der Waals surface area contributed by atoms with Gasteiger partial charge in [0.2, 0.25) is 5.76 Å². The SMILES string of the molecule is COc1cc(C(=O)N2CC3(CCN3C(=O)c3cnn(C)c3)C2)on1. The summed E-state index contributed by atoms with van der Waals surface area (Å²) in [4.78, 5) is 28.4. The molecular formula is C15H17N5O4. The van der Waals surface area contributed by atoms with Crippen LogP contribution in [0.1, 0.15) is 27.3 Å². The van der Waals surface area contributed by atoms with Crippen LogP contribution in [0.15, 0.2) is 23.0 Å². The molecule has 4 heterocycles. The van der Waals surface area contributed by atoms with Crippen molar-refractivity contribution in [3.8, 4) is 5.88 Å². The molecule has 0 unspecified atom stereocenters. The van der Waals surface area contributed by atoms with Crippen molar-refractivity contribution in [1.29, 1.82) is 0 Å². The average molecular weight is 331 g/mol. The van der Waals surface area contributed by atoms with Crippen LogP contribution in [0.2, 0.25) is 0 Å². The molecule has 2 aromatic heterocycles. The summed E-state index contributed by atoms with van der Waals surface area (Å²) >= 11 is 0. The van der Waals surface area contributed by atoms with E-state index in [9.17, 15) is 9.59 Å². The first kappa shape index (κ1) is 14.7. The minimum absolute atomic E-state index is 0.0391. The summed E-state index contributed by atoms with van der Waals surface area (Å²) in [6.07, 6.45) is 4.16. The standard InChI is InChI=1S/C15H17N5O4/c1-18-7-10(6-16-18)13(21)20-4-3-15(20)8-19(9-15)14(22)11-5-12(23-2)17-24-11/h5-7H,3-4,8-9H2,1-2H3. The minimum atomic E-state index is -0.257. The lowest BCUT2D eigenvalue weighted by Gasteiger charge is -2.62. The maximum atomic E-state index is 12.6. The highest BCUT2D eigenvalue weighted by molar-refractivity contribution is 5.96. The van der Waals surface area contributed by atoms with Crippen LogP contribution in [-0.2, 0) is 7.05 Å². The topological polar surface area (TPSA) is 93.7 Å². The Kier molecular flexibility index (Phi) is 3.12. The highest BCUT2D eigenvalue weighted by Crippen LogP contribution is 2.40. The number of rotatable bonds is 3. The molecule has 0 radical (unpaired) electrons. The van der Waals surface area contributed by atoms with Gasteiger partial charge in [-0.3, -0.25) is 14.3 Å². The number of hydrogen-bond acceptors (Lipinski definition) is 6. The van der Waals surface area contributed by atoms with E-state index in [-0.39, 0.29) is 29.0 Å². The molecule has 2 fully saturated rings. The molecule has 1 spiro atoms. The first-order valence-electron chi connectivity index (χ1n) is 7.63. The summed E-state index contributed by atoms with van der Waals surface area (Å²) in [5.74, 6) is 0.136. The van der Waals surface area contributed by atoms with E-state index >= 15 is 0 Å². The molecule has 0 N–H and O–H groups in total. The molecule has 4 rings (SSSR count). The van der Waals surface area contributed by atoms with Crippen molar-refractivity contribution in [2.75, 3.05) is 26.7 Å². The summed E-state index contributed by atoms with van der Waals surface area (Å²) < 4.78 is 11.5. The van der Waals surface area contributed by atoms with Crippen LogP contribution in [0.3, 0.4) is 0 Å². The molecule has 2 amide bonds. The summed E-state index contributed by atoms with van der Waals surface area (Å²) in [6, 6.07) is 1.46. The third-order valence-corrected chi connectivity index (χ3v) is 4.74. The predicted octanol–water partition coefficient (Wildman–Crippen LogP) is 0.157. The van der Waals surface area contributed by atoms with Crippen LogP contribution < -0.4 is 4.74 Å². The van der Waals surface area contributed by atoms with Crippen molar-refractivity contribution >= 4 is 11.8 Å². The van der Waals surface area contributed by atoms with Gasteiger partial charge < -0.3 is 19.1 Å². The number of nitrogens with zero attached hydrogens (tertiary/aromatic N) is 5. The van der Waals surface area contributed by atoms with Gasteiger partial charge in [-0.05, 0) is 11.6 Å². The molecule has 2 aliphatic heterocycles. The third-order valence-electron chi connectivity index (χ3n) is 4.74. The van der Waals surface area contributed by atoms with Gasteiger partial charge in [-0.25, -0.2) is 0 Å². The second-order valence-corrected chi connectivity index (χ2v) is 6.23. The molecule has 126 valence electrons. The Labute approximate surface area is 137 Å². The van der Waals surface area contributed by atoms with Gasteiger partial charge in [0.25, 0.3) is 17.7 Å². The Morgan fingerprint density at radius 2 is 2.12 bits per heavy atom. The molecule has 24 heavy (non-hydrogen) atoms. The summed E-state index contributed by atoms with van der Waals surface area (Å²) in [7, 11) is 3.24. The Bertz CT molecular complexity index is 804. The zero-order chi connectivity index (χ0) is 16.9. The van der Waals surface area contributed by atoms with Crippen molar-refractivity contribution in [2.24, 2.45) is 7.05 Å². The Hall–Kier alpha value is -2.84. The van der Waals surface area contributed by atoms with Crippen molar-refractivity contribution < 1.29 is 18.8 Å². The van der Waals surface area contributed by atoms with Crippen LogP contribution in [-0.4, -0.2) is 68.8 Å². The maximum Gasteiger partial charge on any atom is 0.292 e. The van der Waals surface area contributed by atoms with E-state index < -0.39 is 0 Å². The fraction of sp³-hybridized carbons (Fsp3) is 0.467. The number of carbonyl (C=O) groups excluding carboxylic acids is 2. The fourth-order valence-electron chi connectivity index (χ4n) is 3.29. The number of hydrogen-bond donors (Lipinski definition) is 0. The molecule has 0 bridgehead atoms. The van der Waals surface area contributed by atoms with Gasteiger partial charge in [0.1, 0.15) is 0 Å². The highest BCUT2D eigenvalue weighted by atomic mass is 16.5. The minimum Gasteiger partial charge on any atom is -0.479 e. The number of likely N-dealkylation sites (tertiary alicyclic amines) is 2. The quantitative estimate of drug-likeness (QED) is 0.795. The number of aryl methyl sites for hydroxylation is 1. The first-order valence-corrected chi connectivity index (χ1v) is 7.63. The molecule has 0 saturated carbocycles. The fourth-order valence-corrected chi connectivity index (χ4v) is 3.29. The lowest BCUT2D eigenvalue weighted by Crippen LogP contribution is -2.78. The van der Waals surface area contributed by atoms with E-state index in [4.69, 9.17) is 9.26 Å². The smallest absolute Gasteiger partial charge is 0.292 e. The predicted molar refractivity (Wildman–Crippen MR) is 80.6 cm³/mol. The molecule has 0 aromatic carbocycles. The molecule has 2 saturated heterocycles. The summed E-state index contributed by atoms with van der Waals surface area (Å²) in [6.45, 7) is 1.70. The van der Waals surface area contributed by atoms with Gasteiger partial charge >= 0.3 is 0 Å². The van der Waals surface area contributed by atoms with Crippen molar-refractivity contribution in [3.05, 3.63) is 29.8 Å². The molecule has 0 aliphatic carbocycles. The monoisotopic (exact) mass is 331 g/mol.